The molecule has 0 aliphatic carbocycles. The average Bonchev–Trinajstić information content (AvgIpc) is 3.12. The molecule has 1 fully saturated rings. The van der Waals surface area contributed by atoms with Gasteiger partial charge < -0.3 is 14.5 Å². The second-order valence-corrected chi connectivity index (χ2v) is 7.68. The van der Waals surface area contributed by atoms with Crippen LogP contribution in [0, 0.1) is 0 Å². The van der Waals surface area contributed by atoms with Crippen LogP contribution in [0.5, 0.6) is 5.75 Å². The Bertz CT molecular complexity index is 782. The summed E-state index contributed by atoms with van der Waals surface area (Å²) in [5.41, 5.74) is 0.618. The fourth-order valence-corrected chi connectivity index (χ4v) is 4.16. The largest absolute Gasteiger partial charge is 0.489 e. The van der Waals surface area contributed by atoms with E-state index in [1.165, 1.54) is 6.26 Å². The van der Waals surface area contributed by atoms with Crippen molar-refractivity contribution in [2.75, 3.05) is 11.5 Å². The first kappa shape index (κ1) is 15.6. The minimum atomic E-state index is -3.04. The highest BCUT2D eigenvalue weighted by molar-refractivity contribution is 7.91. The topological polar surface area (TPSA) is 85.6 Å². The van der Waals surface area contributed by atoms with E-state index in [1.807, 2.05) is 30.3 Å². The zero-order valence-corrected chi connectivity index (χ0v) is 13.2. The van der Waals surface area contributed by atoms with E-state index in [-0.39, 0.29) is 29.9 Å². The van der Waals surface area contributed by atoms with E-state index >= 15 is 0 Å². The maximum Gasteiger partial charge on any atom is 0.287 e. The first-order valence-electron chi connectivity index (χ1n) is 7.29. The van der Waals surface area contributed by atoms with Crippen molar-refractivity contribution in [2.45, 2.75) is 19.1 Å². The Kier molecular flexibility index (Phi) is 4.38. The van der Waals surface area contributed by atoms with E-state index in [0.717, 1.165) is 0 Å². The molecule has 7 heteroatoms. The first-order valence-corrected chi connectivity index (χ1v) is 9.11. The maximum absolute atomic E-state index is 12.2. The summed E-state index contributed by atoms with van der Waals surface area (Å²) < 4.78 is 33.7. The van der Waals surface area contributed by atoms with Crippen molar-refractivity contribution in [3.8, 4) is 5.75 Å². The molecule has 2 aromatic rings. The summed E-state index contributed by atoms with van der Waals surface area (Å²) in [6.07, 6.45) is 1.86. The number of amides is 1. The number of para-hydroxylation sites is 1. The van der Waals surface area contributed by atoms with Gasteiger partial charge in [-0.25, -0.2) is 8.42 Å². The zero-order chi connectivity index (χ0) is 16.3. The molecule has 0 bridgehead atoms. The second kappa shape index (κ2) is 6.45. The van der Waals surface area contributed by atoms with E-state index in [9.17, 15) is 13.2 Å². The summed E-state index contributed by atoms with van der Waals surface area (Å²) in [6.45, 7) is 0.201. The van der Waals surface area contributed by atoms with Gasteiger partial charge in [0.25, 0.3) is 5.91 Å². The maximum atomic E-state index is 12.2. The molecule has 122 valence electrons. The van der Waals surface area contributed by atoms with Gasteiger partial charge in [0.1, 0.15) is 12.4 Å². The lowest BCUT2D eigenvalue weighted by atomic mass is 10.2. The first-order chi connectivity index (χ1) is 11.0. The number of carbonyl (C=O) groups is 1. The van der Waals surface area contributed by atoms with Crippen LogP contribution in [0.15, 0.2) is 47.1 Å². The fourth-order valence-electron chi connectivity index (χ4n) is 2.49. The fraction of sp³-hybridized carbons (Fsp3) is 0.312. The number of ether oxygens (including phenoxy) is 1. The standard InChI is InChI=1S/C16H17NO5S/c18-16(17-13-7-9-23(19,20)11-13)15-12(6-8-21-15)10-22-14-4-2-1-3-5-14/h1-6,8,13H,7,9-11H2,(H,17,18). The lowest BCUT2D eigenvalue weighted by Gasteiger charge is -2.10. The summed E-state index contributed by atoms with van der Waals surface area (Å²) in [6, 6.07) is 10.6. The van der Waals surface area contributed by atoms with Crippen LogP contribution in [-0.4, -0.2) is 31.9 Å². The number of nitrogens with one attached hydrogen (secondary N) is 1. The molecule has 2 heterocycles. The zero-order valence-electron chi connectivity index (χ0n) is 12.4. The third-order valence-electron chi connectivity index (χ3n) is 3.66. The van der Waals surface area contributed by atoms with Gasteiger partial charge in [0, 0.05) is 11.6 Å². The highest BCUT2D eigenvalue weighted by Gasteiger charge is 2.30. The van der Waals surface area contributed by atoms with E-state index in [4.69, 9.17) is 9.15 Å². The minimum Gasteiger partial charge on any atom is -0.489 e. The van der Waals surface area contributed by atoms with Gasteiger partial charge in [-0.2, -0.15) is 0 Å². The third kappa shape index (κ3) is 3.92. The molecule has 0 spiro atoms. The van der Waals surface area contributed by atoms with Gasteiger partial charge in [-0.15, -0.1) is 0 Å². The van der Waals surface area contributed by atoms with Crippen LogP contribution in [0.1, 0.15) is 22.5 Å². The molecule has 6 nitrogen and oxygen atoms in total. The molecule has 1 aliphatic rings. The molecule has 1 saturated heterocycles. The number of hydrogen-bond acceptors (Lipinski definition) is 5. The molecule has 0 radical (unpaired) electrons. The minimum absolute atomic E-state index is 0.0186. The molecule has 3 rings (SSSR count). The summed E-state index contributed by atoms with van der Waals surface area (Å²) in [4.78, 5) is 12.2. The Hall–Kier alpha value is -2.28. The van der Waals surface area contributed by atoms with Crippen molar-refractivity contribution >= 4 is 15.7 Å². The van der Waals surface area contributed by atoms with Crippen LogP contribution >= 0.6 is 0 Å². The Morgan fingerprint density at radius 2 is 2.04 bits per heavy atom. The van der Waals surface area contributed by atoms with Crippen molar-refractivity contribution in [1.29, 1.82) is 0 Å². The van der Waals surface area contributed by atoms with Gasteiger partial charge in [0.15, 0.2) is 15.6 Å². The van der Waals surface area contributed by atoms with Crippen LogP contribution in [0.25, 0.3) is 0 Å². The molecular formula is C16H17NO5S. The van der Waals surface area contributed by atoms with Gasteiger partial charge in [0.05, 0.1) is 17.8 Å². The molecule has 23 heavy (non-hydrogen) atoms. The molecular weight excluding hydrogens is 318 g/mol. The number of benzene rings is 1. The number of hydrogen-bond donors (Lipinski definition) is 1. The van der Waals surface area contributed by atoms with E-state index < -0.39 is 15.7 Å². The molecule has 0 saturated carbocycles. The molecule has 1 atom stereocenters. The lowest BCUT2D eigenvalue weighted by molar-refractivity contribution is 0.0909. The smallest absolute Gasteiger partial charge is 0.287 e. The Balaban J connectivity index is 1.62. The van der Waals surface area contributed by atoms with Crippen molar-refractivity contribution < 1.29 is 22.4 Å². The van der Waals surface area contributed by atoms with Crippen molar-refractivity contribution in [2.24, 2.45) is 0 Å². The molecule has 1 aromatic carbocycles. The van der Waals surface area contributed by atoms with E-state index in [1.54, 1.807) is 6.07 Å². The highest BCUT2D eigenvalue weighted by Crippen LogP contribution is 2.17. The summed E-state index contributed by atoms with van der Waals surface area (Å²) in [5, 5.41) is 2.71. The number of sulfone groups is 1. The van der Waals surface area contributed by atoms with Crippen molar-refractivity contribution in [1.82, 2.24) is 5.32 Å². The lowest BCUT2D eigenvalue weighted by Crippen LogP contribution is -2.35. The summed E-state index contributed by atoms with van der Waals surface area (Å²) in [5.74, 6) is 0.533. The SMILES string of the molecule is O=C(NC1CCS(=O)(=O)C1)c1occc1COc1ccccc1. The predicted molar refractivity (Wildman–Crippen MR) is 84.0 cm³/mol. The molecule has 1 amide bonds. The van der Waals surface area contributed by atoms with E-state index in [0.29, 0.717) is 17.7 Å². The monoisotopic (exact) mass is 335 g/mol. The summed E-state index contributed by atoms with van der Waals surface area (Å²) >= 11 is 0. The van der Waals surface area contributed by atoms with E-state index in [2.05, 4.69) is 5.32 Å². The number of rotatable bonds is 5. The summed E-state index contributed by atoms with van der Waals surface area (Å²) in [7, 11) is -3.04. The average molecular weight is 335 g/mol. The van der Waals surface area contributed by atoms with Crippen LogP contribution in [-0.2, 0) is 16.4 Å². The highest BCUT2D eigenvalue weighted by atomic mass is 32.2. The molecule has 1 N–H and O–H groups in total. The normalized spacial score (nSPS) is 19.4. The number of furan rings is 1. The van der Waals surface area contributed by atoms with Crippen LogP contribution in [0.4, 0.5) is 0 Å². The van der Waals surface area contributed by atoms with Gasteiger partial charge in [-0.05, 0) is 24.6 Å². The van der Waals surface area contributed by atoms with Crippen molar-refractivity contribution in [3.63, 3.8) is 0 Å². The van der Waals surface area contributed by atoms with Crippen molar-refractivity contribution in [3.05, 3.63) is 54.0 Å². The van der Waals surface area contributed by atoms with Crippen LogP contribution in [0.2, 0.25) is 0 Å². The Morgan fingerprint density at radius 3 is 2.74 bits per heavy atom. The predicted octanol–water partition coefficient (Wildman–Crippen LogP) is 1.78. The van der Waals surface area contributed by atoms with Crippen LogP contribution in [0.3, 0.4) is 0 Å². The van der Waals surface area contributed by atoms with Gasteiger partial charge in [-0.1, -0.05) is 18.2 Å². The van der Waals surface area contributed by atoms with Gasteiger partial charge >= 0.3 is 0 Å². The van der Waals surface area contributed by atoms with Gasteiger partial charge in [-0.3, -0.25) is 4.79 Å². The Labute approximate surface area is 134 Å². The third-order valence-corrected chi connectivity index (χ3v) is 5.43. The number of carbonyl (C=O) groups excluding carboxylic acids is 1. The molecule has 1 aromatic heterocycles. The second-order valence-electron chi connectivity index (χ2n) is 5.45. The molecule has 1 unspecified atom stereocenters. The van der Waals surface area contributed by atoms with Crippen LogP contribution < -0.4 is 10.1 Å². The van der Waals surface area contributed by atoms with Gasteiger partial charge in [0.2, 0.25) is 0 Å². The quantitative estimate of drug-likeness (QED) is 0.900. The Morgan fingerprint density at radius 1 is 1.26 bits per heavy atom. The molecule has 1 aliphatic heterocycles.